The average molecular weight is 225 g/mol. The van der Waals surface area contributed by atoms with Crippen molar-refractivity contribution < 1.29 is 13.9 Å². The fraction of sp³-hybridized carbons (Fsp3) is 0.182. The van der Waals surface area contributed by atoms with Crippen molar-refractivity contribution in [1.82, 2.24) is 0 Å². The number of methoxy groups -OCH3 is 1. The van der Waals surface area contributed by atoms with Gasteiger partial charge in [-0.2, -0.15) is 0 Å². The number of hydrogen-bond acceptors (Lipinski definition) is 3. The molecule has 0 fully saturated rings. The molecule has 78 valence electrons. The van der Waals surface area contributed by atoms with Gasteiger partial charge in [0.2, 0.25) is 5.76 Å². The third-order valence-corrected chi connectivity index (χ3v) is 2.50. The van der Waals surface area contributed by atoms with Crippen molar-refractivity contribution in [1.29, 1.82) is 0 Å². The van der Waals surface area contributed by atoms with E-state index in [0.717, 1.165) is 10.9 Å². The normalized spacial score (nSPS) is 10.6. The molecule has 0 aliphatic rings. The summed E-state index contributed by atoms with van der Waals surface area (Å²) in [5.41, 5.74) is 1.39. The van der Waals surface area contributed by atoms with Crippen LogP contribution in [0.2, 0.25) is 5.02 Å². The molecule has 3 nitrogen and oxygen atoms in total. The van der Waals surface area contributed by atoms with Crippen molar-refractivity contribution in [2.45, 2.75) is 6.92 Å². The molecule has 0 saturated carbocycles. The van der Waals surface area contributed by atoms with E-state index >= 15 is 0 Å². The number of hydrogen-bond donors (Lipinski definition) is 0. The number of fused-ring (bicyclic) bond motifs is 1. The smallest absolute Gasteiger partial charge is 0.374 e. The SMILES string of the molecule is COC(=O)c1oc2ccc(Cl)cc2c1C. The summed E-state index contributed by atoms with van der Waals surface area (Å²) in [7, 11) is 1.32. The van der Waals surface area contributed by atoms with E-state index in [9.17, 15) is 4.79 Å². The fourth-order valence-electron chi connectivity index (χ4n) is 1.48. The maximum atomic E-state index is 11.3. The van der Waals surface area contributed by atoms with Crippen LogP contribution in [0.3, 0.4) is 0 Å². The second kappa shape index (κ2) is 3.59. The first-order valence-electron chi connectivity index (χ1n) is 4.40. The molecule has 1 aromatic heterocycles. The zero-order valence-corrected chi connectivity index (χ0v) is 9.09. The molecule has 0 aliphatic heterocycles. The van der Waals surface area contributed by atoms with E-state index in [4.69, 9.17) is 16.0 Å². The van der Waals surface area contributed by atoms with Crippen molar-refractivity contribution in [2.75, 3.05) is 7.11 Å². The van der Waals surface area contributed by atoms with Crippen molar-refractivity contribution in [3.8, 4) is 0 Å². The lowest BCUT2D eigenvalue weighted by Crippen LogP contribution is -2.00. The number of benzene rings is 1. The number of halogens is 1. The van der Waals surface area contributed by atoms with Crippen molar-refractivity contribution in [2.24, 2.45) is 0 Å². The van der Waals surface area contributed by atoms with Crippen molar-refractivity contribution in [3.05, 3.63) is 34.5 Å². The minimum absolute atomic E-state index is 0.231. The highest BCUT2D eigenvalue weighted by Gasteiger charge is 2.17. The summed E-state index contributed by atoms with van der Waals surface area (Å²) in [6.45, 7) is 1.80. The minimum atomic E-state index is -0.472. The van der Waals surface area contributed by atoms with Gasteiger partial charge >= 0.3 is 5.97 Å². The van der Waals surface area contributed by atoms with Crippen LogP contribution in [-0.4, -0.2) is 13.1 Å². The van der Waals surface area contributed by atoms with Gasteiger partial charge in [-0.1, -0.05) is 11.6 Å². The second-order valence-electron chi connectivity index (χ2n) is 3.19. The first kappa shape index (κ1) is 10.1. The summed E-state index contributed by atoms with van der Waals surface area (Å²) in [5.74, 6) is -0.241. The van der Waals surface area contributed by atoms with E-state index in [1.165, 1.54) is 7.11 Å². The molecule has 0 unspecified atom stereocenters. The first-order chi connectivity index (χ1) is 7.13. The van der Waals surface area contributed by atoms with E-state index < -0.39 is 5.97 Å². The third kappa shape index (κ3) is 1.59. The largest absolute Gasteiger partial charge is 0.463 e. The number of furan rings is 1. The summed E-state index contributed by atoms with van der Waals surface area (Å²) in [6.07, 6.45) is 0. The van der Waals surface area contributed by atoms with Crippen LogP contribution in [0, 0.1) is 6.92 Å². The molecule has 0 N–H and O–H groups in total. The van der Waals surface area contributed by atoms with Crippen LogP contribution in [0.1, 0.15) is 16.1 Å². The Bertz CT molecular complexity index is 528. The predicted octanol–water partition coefficient (Wildman–Crippen LogP) is 3.18. The van der Waals surface area contributed by atoms with Crippen LogP contribution in [0.4, 0.5) is 0 Å². The Morgan fingerprint density at radius 1 is 1.47 bits per heavy atom. The molecule has 0 bridgehead atoms. The van der Waals surface area contributed by atoms with E-state index in [1.807, 2.05) is 0 Å². The standard InChI is InChI=1S/C11H9ClO3/c1-6-8-5-7(12)3-4-9(8)15-10(6)11(13)14-2/h3-5H,1-2H3. The van der Waals surface area contributed by atoms with Crippen LogP contribution in [0.25, 0.3) is 11.0 Å². The predicted molar refractivity (Wildman–Crippen MR) is 57.3 cm³/mol. The zero-order valence-electron chi connectivity index (χ0n) is 8.33. The summed E-state index contributed by atoms with van der Waals surface area (Å²) in [5, 5.41) is 1.45. The highest BCUT2D eigenvalue weighted by atomic mass is 35.5. The zero-order chi connectivity index (χ0) is 11.0. The molecule has 1 heterocycles. The Morgan fingerprint density at radius 2 is 2.20 bits per heavy atom. The Hall–Kier alpha value is -1.48. The number of aryl methyl sites for hydroxylation is 1. The molecule has 0 saturated heterocycles. The molecule has 0 atom stereocenters. The van der Waals surface area contributed by atoms with Gasteiger partial charge in [-0.25, -0.2) is 4.79 Å². The van der Waals surface area contributed by atoms with Gasteiger partial charge in [0.15, 0.2) is 0 Å². The van der Waals surface area contributed by atoms with Crippen LogP contribution < -0.4 is 0 Å². The second-order valence-corrected chi connectivity index (χ2v) is 3.62. The van der Waals surface area contributed by atoms with Gasteiger partial charge in [0, 0.05) is 16.0 Å². The monoisotopic (exact) mass is 224 g/mol. The number of carbonyl (C=O) groups excluding carboxylic acids is 1. The van der Waals surface area contributed by atoms with Gasteiger partial charge in [0.1, 0.15) is 5.58 Å². The summed E-state index contributed by atoms with van der Waals surface area (Å²) in [4.78, 5) is 11.3. The Labute approximate surface area is 91.6 Å². The molecule has 1 aromatic carbocycles. The lowest BCUT2D eigenvalue weighted by molar-refractivity contribution is 0.0566. The average Bonchev–Trinajstić information content (AvgIpc) is 2.55. The molecular formula is C11H9ClO3. The van der Waals surface area contributed by atoms with Gasteiger partial charge in [0.25, 0.3) is 0 Å². The van der Waals surface area contributed by atoms with Crippen LogP contribution in [0.5, 0.6) is 0 Å². The number of esters is 1. The summed E-state index contributed by atoms with van der Waals surface area (Å²) in [6, 6.07) is 5.22. The third-order valence-electron chi connectivity index (χ3n) is 2.27. The topological polar surface area (TPSA) is 39.4 Å². The van der Waals surface area contributed by atoms with Crippen LogP contribution in [-0.2, 0) is 4.74 Å². The number of ether oxygens (including phenoxy) is 1. The minimum Gasteiger partial charge on any atom is -0.463 e. The fourth-order valence-corrected chi connectivity index (χ4v) is 1.65. The maximum absolute atomic E-state index is 11.3. The van der Waals surface area contributed by atoms with Crippen molar-refractivity contribution in [3.63, 3.8) is 0 Å². The molecular weight excluding hydrogens is 216 g/mol. The molecule has 2 aromatic rings. The van der Waals surface area contributed by atoms with E-state index in [-0.39, 0.29) is 5.76 Å². The quantitative estimate of drug-likeness (QED) is 0.699. The molecule has 0 aliphatic carbocycles. The van der Waals surface area contributed by atoms with E-state index in [1.54, 1.807) is 25.1 Å². The highest BCUT2D eigenvalue weighted by molar-refractivity contribution is 6.31. The molecule has 0 radical (unpaired) electrons. The summed E-state index contributed by atoms with van der Waals surface area (Å²) < 4.78 is 9.98. The highest BCUT2D eigenvalue weighted by Crippen LogP contribution is 2.28. The Morgan fingerprint density at radius 3 is 2.87 bits per heavy atom. The van der Waals surface area contributed by atoms with Gasteiger partial charge < -0.3 is 9.15 Å². The van der Waals surface area contributed by atoms with Gasteiger partial charge in [-0.05, 0) is 25.1 Å². The van der Waals surface area contributed by atoms with Crippen molar-refractivity contribution >= 4 is 28.5 Å². The molecule has 4 heteroatoms. The van der Waals surface area contributed by atoms with Gasteiger partial charge in [-0.15, -0.1) is 0 Å². The van der Waals surface area contributed by atoms with Gasteiger partial charge in [0.05, 0.1) is 7.11 Å². The Kier molecular flexibility index (Phi) is 2.40. The van der Waals surface area contributed by atoms with Crippen LogP contribution >= 0.6 is 11.6 Å². The van der Waals surface area contributed by atoms with E-state index in [0.29, 0.717) is 10.6 Å². The molecule has 0 spiro atoms. The number of carbonyl (C=O) groups is 1. The lowest BCUT2D eigenvalue weighted by atomic mass is 10.1. The van der Waals surface area contributed by atoms with E-state index in [2.05, 4.69) is 4.74 Å². The summed E-state index contributed by atoms with van der Waals surface area (Å²) >= 11 is 5.86. The molecule has 0 amide bonds. The Balaban J connectivity index is 2.69. The maximum Gasteiger partial charge on any atom is 0.374 e. The molecule has 15 heavy (non-hydrogen) atoms. The lowest BCUT2D eigenvalue weighted by Gasteiger charge is -1.94. The number of rotatable bonds is 1. The first-order valence-corrected chi connectivity index (χ1v) is 4.78. The van der Waals surface area contributed by atoms with Gasteiger partial charge in [-0.3, -0.25) is 0 Å². The molecule has 2 rings (SSSR count). The van der Waals surface area contributed by atoms with Crippen LogP contribution in [0.15, 0.2) is 22.6 Å².